The molecule has 1 aromatic carbocycles. The minimum absolute atomic E-state index is 0.0936. The van der Waals surface area contributed by atoms with Crippen LogP contribution in [0, 0.1) is 0 Å². The molecule has 1 amide bonds. The zero-order valence-corrected chi connectivity index (χ0v) is 13.3. The first kappa shape index (κ1) is 15.7. The molecule has 0 unspecified atom stereocenters. The standard InChI is InChI=1S/C16H20ClNO3/c1-16(2,3)21-15(20)18-9-7-11(8-10-18)12-5-4-6-13(17)14(12)19/h4-7,19H,8-10H2,1-3H3. The van der Waals surface area contributed by atoms with E-state index >= 15 is 0 Å². The van der Waals surface area contributed by atoms with E-state index in [1.807, 2.05) is 32.9 Å². The fraction of sp³-hybridized carbons (Fsp3) is 0.438. The summed E-state index contributed by atoms with van der Waals surface area (Å²) in [7, 11) is 0. The summed E-state index contributed by atoms with van der Waals surface area (Å²) in [6, 6.07) is 5.28. The number of phenolic OH excluding ortho intramolecular Hbond substituents is 1. The molecule has 0 saturated carbocycles. The molecule has 114 valence electrons. The molecule has 0 aliphatic carbocycles. The fourth-order valence-electron chi connectivity index (χ4n) is 2.18. The van der Waals surface area contributed by atoms with Crippen molar-refractivity contribution < 1.29 is 14.6 Å². The minimum atomic E-state index is -0.494. The number of hydrogen-bond donors (Lipinski definition) is 1. The summed E-state index contributed by atoms with van der Waals surface area (Å²) in [5.41, 5.74) is 1.23. The van der Waals surface area contributed by atoms with Gasteiger partial charge in [0.2, 0.25) is 0 Å². The molecule has 2 rings (SSSR count). The molecule has 1 aliphatic rings. The topological polar surface area (TPSA) is 49.8 Å². The highest BCUT2D eigenvalue weighted by Gasteiger charge is 2.24. The molecule has 0 saturated heterocycles. The summed E-state index contributed by atoms with van der Waals surface area (Å²) < 4.78 is 5.35. The van der Waals surface area contributed by atoms with Crippen LogP contribution in [0.3, 0.4) is 0 Å². The lowest BCUT2D eigenvalue weighted by Gasteiger charge is -2.29. The maximum Gasteiger partial charge on any atom is 0.410 e. The van der Waals surface area contributed by atoms with Gasteiger partial charge in [0.1, 0.15) is 11.4 Å². The monoisotopic (exact) mass is 309 g/mol. The van der Waals surface area contributed by atoms with E-state index < -0.39 is 5.60 Å². The zero-order chi connectivity index (χ0) is 15.6. The molecule has 0 aromatic heterocycles. The normalized spacial score (nSPS) is 15.6. The lowest BCUT2D eigenvalue weighted by atomic mass is 9.99. The fourth-order valence-corrected chi connectivity index (χ4v) is 2.36. The van der Waals surface area contributed by atoms with Crippen molar-refractivity contribution in [2.24, 2.45) is 0 Å². The first-order valence-electron chi connectivity index (χ1n) is 6.93. The van der Waals surface area contributed by atoms with Crippen LogP contribution in [0.2, 0.25) is 5.02 Å². The summed E-state index contributed by atoms with van der Waals surface area (Å²) >= 11 is 5.92. The van der Waals surface area contributed by atoms with E-state index in [1.165, 1.54) is 0 Å². The molecule has 5 heteroatoms. The van der Waals surface area contributed by atoms with Crippen molar-refractivity contribution in [1.82, 2.24) is 4.90 Å². The van der Waals surface area contributed by atoms with Crippen LogP contribution >= 0.6 is 11.6 Å². The van der Waals surface area contributed by atoms with Gasteiger partial charge in [-0.15, -0.1) is 0 Å². The molecular weight excluding hydrogens is 290 g/mol. The molecule has 0 fully saturated rings. The Morgan fingerprint density at radius 1 is 1.38 bits per heavy atom. The van der Waals surface area contributed by atoms with E-state index in [0.29, 0.717) is 24.5 Å². The number of phenols is 1. The summed E-state index contributed by atoms with van der Waals surface area (Å²) in [4.78, 5) is 13.6. The van der Waals surface area contributed by atoms with Gasteiger partial charge in [0.05, 0.1) is 5.02 Å². The average Bonchev–Trinajstić information content (AvgIpc) is 2.40. The predicted octanol–water partition coefficient (Wildman–Crippen LogP) is 4.07. The maximum atomic E-state index is 12.0. The molecule has 1 heterocycles. The molecule has 21 heavy (non-hydrogen) atoms. The van der Waals surface area contributed by atoms with E-state index in [-0.39, 0.29) is 11.8 Å². The highest BCUT2D eigenvalue weighted by Crippen LogP contribution is 2.34. The second-order valence-electron chi connectivity index (χ2n) is 6.04. The number of carbonyl (C=O) groups is 1. The lowest BCUT2D eigenvalue weighted by Crippen LogP contribution is -2.39. The zero-order valence-electron chi connectivity index (χ0n) is 12.5. The van der Waals surface area contributed by atoms with E-state index in [2.05, 4.69) is 0 Å². The smallest absolute Gasteiger partial charge is 0.410 e. The van der Waals surface area contributed by atoms with Crippen molar-refractivity contribution in [2.45, 2.75) is 32.8 Å². The Hall–Kier alpha value is -1.68. The number of para-hydroxylation sites is 1. The number of halogens is 1. The van der Waals surface area contributed by atoms with Gasteiger partial charge in [0.25, 0.3) is 0 Å². The van der Waals surface area contributed by atoms with Crippen molar-refractivity contribution in [3.05, 3.63) is 34.9 Å². The van der Waals surface area contributed by atoms with Gasteiger partial charge in [0.15, 0.2) is 0 Å². The van der Waals surface area contributed by atoms with E-state index in [9.17, 15) is 9.90 Å². The van der Waals surface area contributed by atoms with E-state index in [1.54, 1.807) is 17.0 Å². The van der Waals surface area contributed by atoms with Gasteiger partial charge in [0, 0.05) is 18.7 Å². The maximum absolute atomic E-state index is 12.0. The summed E-state index contributed by atoms with van der Waals surface area (Å²) in [6.07, 6.45) is 2.28. The second kappa shape index (κ2) is 5.98. The summed E-state index contributed by atoms with van der Waals surface area (Å²) in [5.74, 6) is 0.0936. The highest BCUT2D eigenvalue weighted by molar-refractivity contribution is 6.32. The van der Waals surface area contributed by atoms with Crippen LogP contribution in [-0.2, 0) is 4.74 Å². The minimum Gasteiger partial charge on any atom is -0.506 e. The molecule has 4 nitrogen and oxygen atoms in total. The number of amides is 1. The van der Waals surface area contributed by atoms with Crippen molar-refractivity contribution in [1.29, 1.82) is 0 Å². The van der Waals surface area contributed by atoms with Crippen molar-refractivity contribution >= 4 is 23.3 Å². The van der Waals surface area contributed by atoms with Crippen LogP contribution in [0.1, 0.15) is 32.8 Å². The van der Waals surface area contributed by atoms with Crippen molar-refractivity contribution in [3.63, 3.8) is 0 Å². The van der Waals surface area contributed by atoms with E-state index in [0.717, 1.165) is 11.1 Å². The van der Waals surface area contributed by atoms with Gasteiger partial charge < -0.3 is 14.7 Å². The molecule has 1 aliphatic heterocycles. The second-order valence-corrected chi connectivity index (χ2v) is 6.45. The molecule has 0 atom stereocenters. The van der Waals surface area contributed by atoms with Crippen molar-refractivity contribution in [2.75, 3.05) is 13.1 Å². The van der Waals surface area contributed by atoms with E-state index in [4.69, 9.17) is 16.3 Å². The quantitative estimate of drug-likeness (QED) is 0.850. The number of nitrogens with zero attached hydrogens (tertiary/aromatic N) is 1. The third kappa shape index (κ3) is 3.91. The summed E-state index contributed by atoms with van der Waals surface area (Å²) in [5, 5.41) is 10.3. The van der Waals surface area contributed by atoms with Gasteiger partial charge in [-0.1, -0.05) is 29.8 Å². The van der Waals surface area contributed by atoms with Crippen LogP contribution in [0.25, 0.3) is 5.57 Å². The molecule has 1 aromatic rings. The Balaban J connectivity index is 2.09. The molecule has 0 spiro atoms. The van der Waals surface area contributed by atoms with Gasteiger partial charge in [-0.3, -0.25) is 0 Å². The summed E-state index contributed by atoms with van der Waals surface area (Å²) in [6.45, 7) is 6.57. The number of hydrogen-bond acceptors (Lipinski definition) is 3. The highest BCUT2D eigenvalue weighted by atomic mass is 35.5. The SMILES string of the molecule is CC(C)(C)OC(=O)N1CC=C(c2cccc(Cl)c2O)CC1. The number of carbonyl (C=O) groups excluding carboxylic acids is 1. The Bertz CT molecular complexity index is 575. The number of rotatable bonds is 1. The number of aromatic hydroxyl groups is 1. The molecule has 1 N–H and O–H groups in total. The molecule has 0 bridgehead atoms. The Kier molecular flexibility index (Phi) is 4.47. The van der Waals surface area contributed by atoms with Crippen LogP contribution < -0.4 is 0 Å². The first-order chi connectivity index (χ1) is 9.78. The van der Waals surface area contributed by atoms with Crippen molar-refractivity contribution in [3.8, 4) is 5.75 Å². The third-order valence-corrected chi connectivity index (χ3v) is 3.50. The predicted molar refractivity (Wildman–Crippen MR) is 83.5 cm³/mol. The third-order valence-electron chi connectivity index (χ3n) is 3.19. The Morgan fingerprint density at radius 3 is 2.67 bits per heavy atom. The number of benzene rings is 1. The van der Waals surface area contributed by atoms with Gasteiger partial charge >= 0.3 is 6.09 Å². The van der Waals surface area contributed by atoms with Gasteiger partial charge in [-0.2, -0.15) is 0 Å². The largest absolute Gasteiger partial charge is 0.506 e. The van der Waals surface area contributed by atoms with Crippen LogP contribution in [-0.4, -0.2) is 34.8 Å². The molecular formula is C16H20ClNO3. The Morgan fingerprint density at radius 2 is 2.10 bits per heavy atom. The van der Waals surface area contributed by atoms with Crippen LogP contribution in [0.4, 0.5) is 4.79 Å². The lowest BCUT2D eigenvalue weighted by molar-refractivity contribution is 0.0270. The Labute approximate surface area is 130 Å². The number of ether oxygens (including phenoxy) is 1. The first-order valence-corrected chi connectivity index (χ1v) is 7.30. The van der Waals surface area contributed by atoms with Crippen LogP contribution in [0.15, 0.2) is 24.3 Å². The van der Waals surface area contributed by atoms with Gasteiger partial charge in [-0.05, 0) is 38.8 Å². The van der Waals surface area contributed by atoms with Crippen LogP contribution in [0.5, 0.6) is 5.75 Å². The molecule has 0 radical (unpaired) electrons. The average molecular weight is 310 g/mol. The van der Waals surface area contributed by atoms with Gasteiger partial charge in [-0.25, -0.2) is 4.79 Å².